The zero-order valence-corrected chi connectivity index (χ0v) is 19.4. The highest BCUT2D eigenvalue weighted by atomic mass is 16.7. The van der Waals surface area contributed by atoms with Gasteiger partial charge in [0.05, 0.1) is 12.7 Å². The average Bonchev–Trinajstić information content (AvgIpc) is 3.43. The molecule has 5 rings (SSSR count). The number of fused-ring (bicyclic) bond motifs is 3. The van der Waals surface area contributed by atoms with E-state index in [1.165, 1.54) is 11.1 Å². The van der Waals surface area contributed by atoms with Crippen LogP contribution in [-0.4, -0.2) is 41.7 Å². The Bertz CT molecular complexity index is 1080. The second-order valence-corrected chi connectivity index (χ2v) is 9.61. The van der Waals surface area contributed by atoms with Crippen molar-refractivity contribution in [2.75, 3.05) is 6.61 Å². The Balaban J connectivity index is 1.20. The Labute approximate surface area is 199 Å². The van der Waals surface area contributed by atoms with Crippen LogP contribution in [0.5, 0.6) is 0 Å². The SMILES string of the molecule is C[C@@H]([C@@H]1COC2(CCCCC2)O1)[C@H](NC(=O)OCc1cccc2c1Cc1ccccc1-2)C(=O)O. The summed E-state index contributed by atoms with van der Waals surface area (Å²) in [4.78, 5) is 24.6. The number of hydrogen-bond acceptors (Lipinski definition) is 5. The summed E-state index contributed by atoms with van der Waals surface area (Å²) in [7, 11) is 0. The first kappa shape index (κ1) is 22.9. The summed E-state index contributed by atoms with van der Waals surface area (Å²) in [5, 5.41) is 12.3. The van der Waals surface area contributed by atoms with Crippen LogP contribution in [0.3, 0.4) is 0 Å². The van der Waals surface area contributed by atoms with Crippen molar-refractivity contribution < 1.29 is 28.9 Å². The highest BCUT2D eigenvalue weighted by molar-refractivity contribution is 5.80. The van der Waals surface area contributed by atoms with Crippen molar-refractivity contribution in [2.45, 2.75) is 70.0 Å². The number of alkyl carbamates (subject to hydrolysis) is 1. The number of carbonyl (C=O) groups excluding carboxylic acids is 1. The lowest BCUT2D eigenvalue weighted by molar-refractivity contribution is -0.192. The molecule has 180 valence electrons. The molecule has 1 saturated heterocycles. The highest BCUT2D eigenvalue weighted by Crippen LogP contribution is 2.40. The second-order valence-electron chi connectivity index (χ2n) is 9.61. The molecular formula is C27H31NO6. The Kier molecular flexibility index (Phi) is 6.32. The second kappa shape index (κ2) is 9.39. The number of benzene rings is 2. The Morgan fingerprint density at radius 3 is 2.68 bits per heavy atom. The zero-order chi connectivity index (χ0) is 23.7. The molecule has 0 bridgehead atoms. The number of carboxylic acids is 1. The van der Waals surface area contributed by atoms with Crippen LogP contribution >= 0.6 is 0 Å². The van der Waals surface area contributed by atoms with E-state index in [2.05, 4.69) is 23.5 Å². The smallest absolute Gasteiger partial charge is 0.408 e. The highest BCUT2D eigenvalue weighted by Gasteiger charge is 2.46. The van der Waals surface area contributed by atoms with Crippen molar-refractivity contribution in [1.82, 2.24) is 5.32 Å². The molecule has 2 fully saturated rings. The van der Waals surface area contributed by atoms with Crippen molar-refractivity contribution in [2.24, 2.45) is 5.92 Å². The maximum absolute atomic E-state index is 12.6. The van der Waals surface area contributed by atoms with Crippen molar-refractivity contribution in [1.29, 1.82) is 0 Å². The van der Waals surface area contributed by atoms with Crippen molar-refractivity contribution in [3.05, 3.63) is 59.2 Å². The van der Waals surface area contributed by atoms with E-state index < -0.39 is 35.9 Å². The van der Waals surface area contributed by atoms with E-state index in [9.17, 15) is 14.7 Å². The molecule has 1 aliphatic heterocycles. The summed E-state index contributed by atoms with van der Waals surface area (Å²) in [6.45, 7) is 2.19. The van der Waals surface area contributed by atoms with E-state index in [-0.39, 0.29) is 6.61 Å². The van der Waals surface area contributed by atoms with Gasteiger partial charge in [0.15, 0.2) is 5.79 Å². The third kappa shape index (κ3) is 4.42. The van der Waals surface area contributed by atoms with Crippen LogP contribution in [0.25, 0.3) is 11.1 Å². The van der Waals surface area contributed by atoms with Gasteiger partial charge in [0.1, 0.15) is 12.6 Å². The van der Waals surface area contributed by atoms with Gasteiger partial charge in [-0.05, 0) is 47.1 Å². The first-order valence-electron chi connectivity index (χ1n) is 12.1. The summed E-state index contributed by atoms with van der Waals surface area (Å²) in [5.41, 5.74) is 5.69. The van der Waals surface area contributed by atoms with Gasteiger partial charge in [0.2, 0.25) is 0 Å². The molecule has 2 aromatic carbocycles. The molecule has 7 nitrogen and oxygen atoms in total. The topological polar surface area (TPSA) is 94.1 Å². The monoisotopic (exact) mass is 465 g/mol. The number of carboxylic acid groups (broad SMARTS) is 1. The summed E-state index contributed by atoms with van der Waals surface area (Å²) >= 11 is 0. The molecule has 34 heavy (non-hydrogen) atoms. The van der Waals surface area contributed by atoms with Gasteiger partial charge in [-0.2, -0.15) is 0 Å². The predicted octanol–water partition coefficient (Wildman–Crippen LogP) is 4.65. The van der Waals surface area contributed by atoms with Gasteiger partial charge in [-0.3, -0.25) is 0 Å². The molecule has 2 N–H and O–H groups in total. The number of hydrogen-bond donors (Lipinski definition) is 2. The maximum atomic E-state index is 12.6. The number of aliphatic carboxylic acids is 1. The first-order chi connectivity index (χ1) is 16.5. The molecule has 1 saturated carbocycles. The van der Waals surface area contributed by atoms with Gasteiger partial charge in [0.25, 0.3) is 0 Å². The summed E-state index contributed by atoms with van der Waals surface area (Å²) in [5.74, 6) is -2.18. The molecule has 0 unspecified atom stereocenters. The number of carbonyl (C=O) groups is 2. The van der Waals surface area contributed by atoms with Gasteiger partial charge >= 0.3 is 12.1 Å². The fourth-order valence-corrected chi connectivity index (χ4v) is 5.49. The van der Waals surface area contributed by atoms with E-state index >= 15 is 0 Å². The minimum atomic E-state index is -1.13. The van der Waals surface area contributed by atoms with Gasteiger partial charge in [-0.15, -0.1) is 0 Å². The molecule has 7 heteroatoms. The largest absolute Gasteiger partial charge is 0.480 e. The fraction of sp³-hybridized carbons (Fsp3) is 0.481. The van der Waals surface area contributed by atoms with E-state index in [0.29, 0.717) is 6.61 Å². The van der Waals surface area contributed by atoms with Crippen LogP contribution in [0, 0.1) is 5.92 Å². The van der Waals surface area contributed by atoms with Crippen molar-refractivity contribution in [3.8, 4) is 11.1 Å². The lowest BCUT2D eigenvalue weighted by Crippen LogP contribution is -2.49. The molecular weight excluding hydrogens is 434 g/mol. The van der Waals surface area contributed by atoms with Crippen LogP contribution < -0.4 is 5.32 Å². The predicted molar refractivity (Wildman–Crippen MR) is 125 cm³/mol. The third-order valence-electron chi connectivity index (χ3n) is 7.45. The van der Waals surface area contributed by atoms with Crippen LogP contribution in [0.2, 0.25) is 0 Å². The maximum Gasteiger partial charge on any atom is 0.408 e. The van der Waals surface area contributed by atoms with Crippen LogP contribution in [0.4, 0.5) is 4.79 Å². The Morgan fingerprint density at radius 2 is 1.88 bits per heavy atom. The van der Waals surface area contributed by atoms with Crippen molar-refractivity contribution >= 4 is 12.1 Å². The molecule has 3 aliphatic rings. The number of rotatable bonds is 6. The fourth-order valence-electron chi connectivity index (χ4n) is 5.49. The minimum Gasteiger partial charge on any atom is -0.480 e. The third-order valence-corrected chi connectivity index (χ3v) is 7.45. The van der Waals surface area contributed by atoms with Crippen LogP contribution in [0.1, 0.15) is 55.7 Å². The molecule has 1 heterocycles. The molecule has 2 aromatic rings. The van der Waals surface area contributed by atoms with Gasteiger partial charge in [-0.1, -0.05) is 55.8 Å². The molecule has 1 spiro atoms. The quantitative estimate of drug-likeness (QED) is 0.550. The summed E-state index contributed by atoms with van der Waals surface area (Å²) in [6, 6.07) is 13.1. The first-order valence-corrected chi connectivity index (χ1v) is 12.1. The molecule has 0 radical (unpaired) electrons. The minimum absolute atomic E-state index is 0.0792. The summed E-state index contributed by atoms with van der Waals surface area (Å²) < 4.78 is 17.6. The standard InChI is InChI=1S/C27H31NO6/c1-17(23-16-33-27(34-23)12-5-2-6-13-27)24(25(29)30)28-26(31)32-15-19-9-7-11-21-20-10-4-3-8-18(20)14-22(19)21/h3-4,7-11,17,23-24H,2,5-6,12-16H2,1H3,(H,28,31)(H,29,30)/t17-,23-,24-/m0/s1. The van der Waals surface area contributed by atoms with Crippen molar-refractivity contribution in [3.63, 3.8) is 0 Å². The van der Waals surface area contributed by atoms with Gasteiger partial charge in [-0.25, -0.2) is 9.59 Å². The Hall–Kier alpha value is -2.90. The van der Waals surface area contributed by atoms with Crippen LogP contribution in [-0.2, 0) is 32.0 Å². The van der Waals surface area contributed by atoms with E-state index in [4.69, 9.17) is 14.2 Å². The number of amides is 1. The Morgan fingerprint density at radius 1 is 1.12 bits per heavy atom. The van der Waals surface area contributed by atoms with Gasteiger partial charge in [0, 0.05) is 18.8 Å². The molecule has 1 amide bonds. The van der Waals surface area contributed by atoms with Gasteiger partial charge < -0.3 is 24.6 Å². The number of nitrogens with one attached hydrogen (secondary N) is 1. The average molecular weight is 466 g/mol. The lowest BCUT2D eigenvalue weighted by Gasteiger charge is -2.33. The summed E-state index contributed by atoms with van der Waals surface area (Å²) in [6.07, 6.45) is 4.56. The molecule has 3 atom stereocenters. The van der Waals surface area contributed by atoms with Crippen LogP contribution in [0.15, 0.2) is 42.5 Å². The van der Waals surface area contributed by atoms with E-state index in [1.807, 2.05) is 24.3 Å². The normalized spacial score (nSPS) is 22.0. The lowest BCUT2D eigenvalue weighted by atomic mass is 9.93. The van der Waals surface area contributed by atoms with E-state index in [1.54, 1.807) is 6.92 Å². The molecule has 0 aromatic heterocycles. The number of ether oxygens (including phenoxy) is 3. The van der Waals surface area contributed by atoms with E-state index in [0.717, 1.165) is 55.2 Å². The zero-order valence-electron chi connectivity index (χ0n) is 19.4. The molecule has 2 aliphatic carbocycles.